The summed E-state index contributed by atoms with van der Waals surface area (Å²) >= 11 is 0. The summed E-state index contributed by atoms with van der Waals surface area (Å²) in [5.74, 6) is 0.547. The van der Waals surface area contributed by atoms with Crippen LogP contribution in [0.15, 0.2) is 66.6 Å². The Kier molecular flexibility index (Phi) is 11.6. The SMILES string of the molecule is CCC(CC)C(=O)/C=C(\O)C(CC)CC.Cc1c(CC(C)(C)C)ccc2c1C1(C)c3c-2ccnc3-c2[c-]c3ccccc3cc2C1(C)C.[Ir]. The number of aliphatic hydroxyl groups excluding tert-OH is 1. The number of allylic oxidation sites excluding steroid dienone is 2. The number of fused-ring (bicyclic) bond motifs is 6. The molecule has 0 fully saturated rings. The van der Waals surface area contributed by atoms with Gasteiger partial charge in [0.2, 0.25) is 0 Å². The van der Waals surface area contributed by atoms with Gasteiger partial charge in [-0.15, -0.1) is 29.1 Å². The molecule has 0 saturated carbocycles. The summed E-state index contributed by atoms with van der Waals surface area (Å²) in [7, 11) is 0. The molecule has 4 aromatic rings. The molecule has 4 heteroatoms. The van der Waals surface area contributed by atoms with E-state index in [1.807, 2.05) is 33.9 Å². The maximum Gasteiger partial charge on any atom is 0.162 e. The summed E-state index contributed by atoms with van der Waals surface area (Å²) in [6.07, 6.45) is 7.98. The smallest absolute Gasteiger partial charge is 0.162 e. The standard InChI is InChI=1S/C32H32N.C13H24O2.Ir/c1-19-22(18-30(2,3)4)12-13-23-24-14-15-33-29-25-16-20-10-8-9-11-21(20)17-26(25)31(5,6)32(7,27(19)23)28(24)29;1-5-10(6-2)12(14)9-13(15)11(7-3)8-4;/h8-15,17H,18H2,1-7H3;9-11,14H,5-8H2,1-4H3;/q-1;;/b;12-9-;. The largest absolute Gasteiger partial charge is 0.512 e. The van der Waals surface area contributed by atoms with Crippen LogP contribution in [0.25, 0.3) is 33.2 Å². The molecule has 0 amide bonds. The van der Waals surface area contributed by atoms with Gasteiger partial charge in [-0.05, 0) is 89.3 Å². The third kappa shape index (κ3) is 6.73. The fraction of sp³-hybridized carbons (Fsp3) is 0.467. The number of rotatable bonds is 8. The van der Waals surface area contributed by atoms with E-state index in [0.717, 1.165) is 43.2 Å². The second-order valence-corrected chi connectivity index (χ2v) is 16.0. The minimum Gasteiger partial charge on any atom is -0.512 e. The Morgan fingerprint density at radius 1 is 0.898 bits per heavy atom. The first kappa shape index (κ1) is 38.7. The van der Waals surface area contributed by atoms with E-state index in [4.69, 9.17) is 4.98 Å². The second-order valence-electron chi connectivity index (χ2n) is 16.0. The minimum absolute atomic E-state index is 0. The first-order valence-electron chi connectivity index (χ1n) is 18.2. The third-order valence-electron chi connectivity index (χ3n) is 11.6. The second kappa shape index (κ2) is 14.7. The number of nitrogens with zero attached hydrogens (tertiary/aromatic N) is 1. The fourth-order valence-corrected chi connectivity index (χ4v) is 8.41. The number of aromatic nitrogens is 1. The van der Waals surface area contributed by atoms with E-state index < -0.39 is 0 Å². The van der Waals surface area contributed by atoms with E-state index >= 15 is 0 Å². The number of hydrogen-bond donors (Lipinski definition) is 1. The average molecular weight is 835 g/mol. The van der Waals surface area contributed by atoms with Gasteiger partial charge in [0.25, 0.3) is 0 Å². The van der Waals surface area contributed by atoms with Crippen LogP contribution >= 0.6 is 0 Å². The van der Waals surface area contributed by atoms with Crippen LogP contribution in [0.1, 0.15) is 123 Å². The Morgan fingerprint density at radius 2 is 1.51 bits per heavy atom. The van der Waals surface area contributed by atoms with Gasteiger partial charge in [-0.1, -0.05) is 111 Å². The Morgan fingerprint density at radius 3 is 2.12 bits per heavy atom. The van der Waals surface area contributed by atoms with Crippen molar-refractivity contribution < 1.29 is 30.0 Å². The van der Waals surface area contributed by atoms with Gasteiger partial charge in [0.1, 0.15) is 0 Å². The number of hydrogen-bond acceptors (Lipinski definition) is 3. The van der Waals surface area contributed by atoms with Crippen LogP contribution in [0, 0.1) is 30.2 Å². The molecule has 263 valence electrons. The Labute approximate surface area is 309 Å². The molecule has 1 heterocycles. The Balaban J connectivity index is 0.000000290. The van der Waals surface area contributed by atoms with Gasteiger partial charge in [-0.3, -0.25) is 9.78 Å². The zero-order chi connectivity index (χ0) is 35.2. The molecule has 2 aliphatic rings. The molecule has 49 heavy (non-hydrogen) atoms. The van der Waals surface area contributed by atoms with E-state index in [0.29, 0.717) is 0 Å². The average Bonchev–Trinajstić information content (AvgIpc) is 3.32. The molecule has 1 unspecified atom stereocenters. The van der Waals surface area contributed by atoms with E-state index in [-0.39, 0.29) is 59.7 Å². The molecule has 2 aliphatic carbocycles. The molecule has 0 aliphatic heterocycles. The summed E-state index contributed by atoms with van der Waals surface area (Å²) in [6.45, 7) is 24.7. The van der Waals surface area contributed by atoms with E-state index in [1.165, 1.54) is 56.0 Å². The van der Waals surface area contributed by atoms with Gasteiger partial charge in [0.15, 0.2) is 5.78 Å². The van der Waals surface area contributed by atoms with Gasteiger partial charge >= 0.3 is 0 Å². The number of ketones is 1. The van der Waals surface area contributed by atoms with Crippen molar-refractivity contribution in [3.05, 3.63) is 100 Å². The first-order chi connectivity index (χ1) is 22.6. The number of aliphatic hydroxyl groups is 1. The van der Waals surface area contributed by atoms with Crippen LogP contribution in [0.5, 0.6) is 0 Å². The molecule has 1 radical (unpaired) electrons. The predicted molar refractivity (Wildman–Crippen MR) is 203 cm³/mol. The molecule has 1 N–H and O–H groups in total. The molecule has 0 saturated heterocycles. The van der Waals surface area contributed by atoms with E-state index in [2.05, 4.69) is 103 Å². The van der Waals surface area contributed by atoms with Crippen LogP contribution in [0.3, 0.4) is 0 Å². The van der Waals surface area contributed by atoms with Crippen LogP contribution in [0.4, 0.5) is 0 Å². The van der Waals surface area contributed by atoms with Crippen LogP contribution in [-0.4, -0.2) is 15.9 Å². The van der Waals surface area contributed by atoms with Gasteiger partial charge in [-0.25, -0.2) is 0 Å². The summed E-state index contributed by atoms with van der Waals surface area (Å²) in [5.41, 5.74) is 12.2. The van der Waals surface area contributed by atoms with Crippen molar-refractivity contribution in [2.24, 2.45) is 17.3 Å². The minimum atomic E-state index is -0.150. The van der Waals surface area contributed by atoms with Crippen LogP contribution < -0.4 is 0 Å². The number of carbonyl (C=O) groups excluding carboxylic acids is 1. The molecule has 1 atom stereocenters. The van der Waals surface area contributed by atoms with Crippen molar-refractivity contribution in [1.29, 1.82) is 0 Å². The third-order valence-corrected chi connectivity index (χ3v) is 11.6. The molecule has 3 aromatic carbocycles. The number of pyridine rings is 1. The molecule has 1 aromatic heterocycles. The zero-order valence-corrected chi connectivity index (χ0v) is 34.0. The van der Waals surface area contributed by atoms with E-state index in [9.17, 15) is 9.90 Å². The van der Waals surface area contributed by atoms with Crippen molar-refractivity contribution in [2.75, 3.05) is 0 Å². The van der Waals surface area contributed by atoms with Gasteiger partial charge in [0.05, 0.1) is 5.76 Å². The number of carbonyl (C=O) groups is 1. The van der Waals surface area contributed by atoms with Crippen molar-refractivity contribution in [1.82, 2.24) is 4.98 Å². The molecular weight excluding hydrogens is 779 g/mol. The first-order valence-corrected chi connectivity index (χ1v) is 18.2. The van der Waals surface area contributed by atoms with Gasteiger partial charge in [-0.2, -0.15) is 0 Å². The summed E-state index contributed by atoms with van der Waals surface area (Å²) in [4.78, 5) is 16.7. The molecule has 0 spiro atoms. The van der Waals surface area contributed by atoms with Gasteiger partial charge in [0, 0.05) is 55.3 Å². The maximum absolute atomic E-state index is 11.7. The summed E-state index contributed by atoms with van der Waals surface area (Å²) < 4.78 is 0. The molecule has 0 bridgehead atoms. The normalized spacial score (nSPS) is 17.2. The van der Waals surface area contributed by atoms with Crippen molar-refractivity contribution in [3.63, 3.8) is 0 Å². The van der Waals surface area contributed by atoms with Crippen molar-refractivity contribution in [2.45, 2.75) is 119 Å². The van der Waals surface area contributed by atoms with Crippen molar-refractivity contribution >= 4 is 16.6 Å². The monoisotopic (exact) mass is 835 g/mol. The topological polar surface area (TPSA) is 50.2 Å². The number of benzene rings is 3. The Hall–Kier alpha value is -3.07. The van der Waals surface area contributed by atoms with Crippen LogP contribution in [-0.2, 0) is 42.2 Å². The zero-order valence-electron chi connectivity index (χ0n) is 31.6. The quantitative estimate of drug-likeness (QED) is 0.109. The molecule has 6 rings (SSSR count). The summed E-state index contributed by atoms with van der Waals surface area (Å²) in [5, 5.41) is 12.2. The Bertz CT molecular complexity index is 1870. The summed E-state index contributed by atoms with van der Waals surface area (Å²) in [6, 6.07) is 21.7. The van der Waals surface area contributed by atoms with Crippen molar-refractivity contribution in [3.8, 4) is 22.4 Å². The molecular formula is C45H56IrNO2-. The van der Waals surface area contributed by atoms with Crippen LogP contribution in [0.2, 0.25) is 0 Å². The maximum atomic E-state index is 11.7. The van der Waals surface area contributed by atoms with E-state index in [1.54, 1.807) is 0 Å². The molecule has 3 nitrogen and oxygen atoms in total. The fourth-order valence-electron chi connectivity index (χ4n) is 8.41. The van der Waals surface area contributed by atoms with Gasteiger partial charge < -0.3 is 5.11 Å². The predicted octanol–water partition coefficient (Wildman–Crippen LogP) is 12.0.